The summed E-state index contributed by atoms with van der Waals surface area (Å²) < 4.78 is 5.08. The van der Waals surface area contributed by atoms with Crippen LogP contribution in [-0.4, -0.2) is 25.2 Å². The molecule has 0 radical (unpaired) electrons. The number of rotatable bonds is 8. The largest absolute Gasteiger partial charge is 0.384 e. The number of aryl methyl sites for hydroxylation is 1. The van der Waals surface area contributed by atoms with Crippen molar-refractivity contribution in [3.05, 3.63) is 15.6 Å². The molecule has 92 valence electrons. The lowest BCUT2D eigenvalue weighted by molar-refractivity contribution is 0.202. The summed E-state index contributed by atoms with van der Waals surface area (Å²) in [6, 6.07) is 0. The first-order chi connectivity index (χ1) is 7.81. The SMILES string of the molecule is CCCNCc1sc(CCOC)nc1CC. The van der Waals surface area contributed by atoms with Crippen LogP contribution in [0.15, 0.2) is 0 Å². The first-order valence-corrected chi connectivity index (χ1v) is 6.80. The molecule has 4 heteroatoms. The summed E-state index contributed by atoms with van der Waals surface area (Å²) in [6.45, 7) is 7.15. The molecule has 1 aromatic rings. The third-order valence-electron chi connectivity index (χ3n) is 2.39. The van der Waals surface area contributed by atoms with Gasteiger partial charge in [-0.05, 0) is 19.4 Å². The standard InChI is InChI=1S/C12H22N2OS/c1-4-7-13-9-11-10(5-2)14-12(16-11)6-8-15-3/h13H,4-9H2,1-3H3. The van der Waals surface area contributed by atoms with Crippen molar-refractivity contribution in [1.82, 2.24) is 10.3 Å². The van der Waals surface area contributed by atoms with Crippen molar-refractivity contribution >= 4 is 11.3 Å². The van der Waals surface area contributed by atoms with E-state index in [4.69, 9.17) is 4.74 Å². The number of hydrogen-bond acceptors (Lipinski definition) is 4. The normalized spacial score (nSPS) is 10.9. The van der Waals surface area contributed by atoms with E-state index in [-0.39, 0.29) is 0 Å². The van der Waals surface area contributed by atoms with Crippen LogP contribution in [0.1, 0.15) is 35.8 Å². The van der Waals surface area contributed by atoms with Crippen LogP contribution in [0.4, 0.5) is 0 Å². The number of methoxy groups -OCH3 is 1. The van der Waals surface area contributed by atoms with E-state index in [1.54, 1.807) is 7.11 Å². The van der Waals surface area contributed by atoms with Gasteiger partial charge in [-0.2, -0.15) is 0 Å². The van der Waals surface area contributed by atoms with Gasteiger partial charge in [0.2, 0.25) is 0 Å². The summed E-state index contributed by atoms with van der Waals surface area (Å²) in [4.78, 5) is 6.03. The number of nitrogens with zero attached hydrogens (tertiary/aromatic N) is 1. The molecule has 0 aliphatic heterocycles. The monoisotopic (exact) mass is 242 g/mol. The number of nitrogens with one attached hydrogen (secondary N) is 1. The van der Waals surface area contributed by atoms with Crippen molar-refractivity contribution in [2.24, 2.45) is 0 Å². The molecule has 0 bridgehead atoms. The third-order valence-corrected chi connectivity index (χ3v) is 3.55. The average Bonchev–Trinajstić information content (AvgIpc) is 2.69. The van der Waals surface area contributed by atoms with Crippen molar-refractivity contribution in [3.8, 4) is 0 Å². The fraction of sp³-hybridized carbons (Fsp3) is 0.750. The first-order valence-electron chi connectivity index (χ1n) is 5.98. The second-order valence-electron chi connectivity index (χ2n) is 3.75. The topological polar surface area (TPSA) is 34.1 Å². The van der Waals surface area contributed by atoms with Gasteiger partial charge in [0, 0.05) is 25.0 Å². The predicted octanol–water partition coefficient (Wildman–Crippen LogP) is 2.39. The van der Waals surface area contributed by atoms with Crippen LogP contribution in [0.3, 0.4) is 0 Å². The lowest BCUT2D eigenvalue weighted by Crippen LogP contribution is -2.13. The van der Waals surface area contributed by atoms with E-state index in [9.17, 15) is 0 Å². The van der Waals surface area contributed by atoms with Gasteiger partial charge < -0.3 is 10.1 Å². The van der Waals surface area contributed by atoms with Crippen LogP contribution in [-0.2, 0) is 24.1 Å². The number of thiazole rings is 1. The van der Waals surface area contributed by atoms with Crippen molar-refractivity contribution in [3.63, 3.8) is 0 Å². The summed E-state index contributed by atoms with van der Waals surface area (Å²) in [5.41, 5.74) is 1.25. The summed E-state index contributed by atoms with van der Waals surface area (Å²) in [5.74, 6) is 0. The molecular weight excluding hydrogens is 220 g/mol. The molecule has 16 heavy (non-hydrogen) atoms. The molecule has 0 unspecified atom stereocenters. The molecule has 0 saturated heterocycles. The van der Waals surface area contributed by atoms with Crippen LogP contribution in [0.2, 0.25) is 0 Å². The fourth-order valence-electron chi connectivity index (χ4n) is 1.53. The van der Waals surface area contributed by atoms with Gasteiger partial charge in [-0.25, -0.2) is 4.98 Å². The highest BCUT2D eigenvalue weighted by atomic mass is 32.1. The maximum absolute atomic E-state index is 5.08. The quantitative estimate of drug-likeness (QED) is 0.711. The lowest BCUT2D eigenvalue weighted by atomic mass is 10.3. The van der Waals surface area contributed by atoms with Gasteiger partial charge in [0.25, 0.3) is 0 Å². The maximum atomic E-state index is 5.08. The summed E-state index contributed by atoms with van der Waals surface area (Å²) >= 11 is 1.82. The lowest BCUT2D eigenvalue weighted by Gasteiger charge is -2.01. The first kappa shape index (κ1) is 13.6. The van der Waals surface area contributed by atoms with Gasteiger partial charge in [-0.1, -0.05) is 13.8 Å². The zero-order valence-corrected chi connectivity index (χ0v) is 11.3. The molecule has 0 fully saturated rings. The molecule has 1 rings (SSSR count). The molecule has 1 heterocycles. The van der Waals surface area contributed by atoms with Gasteiger partial charge in [0.1, 0.15) is 0 Å². The van der Waals surface area contributed by atoms with Crippen molar-refractivity contribution < 1.29 is 4.74 Å². The number of aromatic nitrogens is 1. The second-order valence-corrected chi connectivity index (χ2v) is 4.92. The van der Waals surface area contributed by atoms with E-state index in [1.807, 2.05) is 11.3 Å². The average molecular weight is 242 g/mol. The van der Waals surface area contributed by atoms with Crippen molar-refractivity contribution in [1.29, 1.82) is 0 Å². The maximum Gasteiger partial charge on any atom is 0.0954 e. The zero-order valence-electron chi connectivity index (χ0n) is 10.5. The molecule has 0 amide bonds. The van der Waals surface area contributed by atoms with E-state index in [1.165, 1.54) is 22.0 Å². The van der Waals surface area contributed by atoms with Gasteiger partial charge in [0.05, 0.1) is 17.3 Å². The minimum absolute atomic E-state index is 0.762. The molecule has 0 aliphatic carbocycles. The van der Waals surface area contributed by atoms with E-state index in [0.717, 1.165) is 32.5 Å². The van der Waals surface area contributed by atoms with Crippen LogP contribution in [0, 0.1) is 0 Å². The molecule has 0 aliphatic rings. The summed E-state index contributed by atoms with van der Waals surface area (Å²) in [7, 11) is 1.73. The Hall–Kier alpha value is -0.450. The Kier molecular flexibility index (Phi) is 6.61. The molecule has 1 aromatic heterocycles. The number of hydrogen-bond donors (Lipinski definition) is 1. The van der Waals surface area contributed by atoms with Crippen LogP contribution < -0.4 is 5.32 Å². The van der Waals surface area contributed by atoms with E-state index in [0.29, 0.717) is 0 Å². The second kappa shape index (κ2) is 7.76. The minimum Gasteiger partial charge on any atom is -0.384 e. The van der Waals surface area contributed by atoms with E-state index >= 15 is 0 Å². The molecular formula is C12H22N2OS. The Bertz CT molecular complexity index is 299. The molecule has 0 aromatic carbocycles. The highest BCUT2D eigenvalue weighted by molar-refractivity contribution is 7.11. The Labute approximate surface area is 102 Å². The van der Waals surface area contributed by atoms with Gasteiger partial charge >= 0.3 is 0 Å². The highest BCUT2D eigenvalue weighted by Crippen LogP contribution is 2.19. The number of ether oxygens (including phenoxy) is 1. The van der Waals surface area contributed by atoms with Gasteiger partial charge in [-0.3, -0.25) is 0 Å². The Morgan fingerprint density at radius 2 is 2.19 bits per heavy atom. The molecule has 1 N–H and O–H groups in total. The highest BCUT2D eigenvalue weighted by Gasteiger charge is 2.08. The molecule has 0 spiro atoms. The molecule has 0 atom stereocenters. The molecule has 3 nitrogen and oxygen atoms in total. The van der Waals surface area contributed by atoms with Crippen LogP contribution in [0.25, 0.3) is 0 Å². The fourth-order valence-corrected chi connectivity index (χ4v) is 2.63. The van der Waals surface area contributed by atoms with E-state index < -0.39 is 0 Å². The third kappa shape index (κ3) is 4.20. The summed E-state index contributed by atoms with van der Waals surface area (Å²) in [6.07, 6.45) is 3.13. The van der Waals surface area contributed by atoms with E-state index in [2.05, 4.69) is 24.1 Å². The molecule has 0 saturated carbocycles. The Balaban J connectivity index is 2.55. The smallest absolute Gasteiger partial charge is 0.0954 e. The minimum atomic E-state index is 0.762. The van der Waals surface area contributed by atoms with Gasteiger partial charge in [0.15, 0.2) is 0 Å². The van der Waals surface area contributed by atoms with Crippen LogP contribution >= 0.6 is 11.3 Å². The van der Waals surface area contributed by atoms with Crippen molar-refractivity contribution in [2.45, 2.75) is 39.7 Å². The van der Waals surface area contributed by atoms with Crippen LogP contribution in [0.5, 0.6) is 0 Å². The van der Waals surface area contributed by atoms with Gasteiger partial charge in [-0.15, -0.1) is 11.3 Å². The van der Waals surface area contributed by atoms with Crippen molar-refractivity contribution in [2.75, 3.05) is 20.3 Å². The predicted molar refractivity (Wildman–Crippen MR) is 69.1 cm³/mol. The summed E-state index contributed by atoms with van der Waals surface area (Å²) in [5, 5.41) is 4.64. The Morgan fingerprint density at radius 1 is 1.38 bits per heavy atom. The Morgan fingerprint density at radius 3 is 2.81 bits per heavy atom. The zero-order chi connectivity index (χ0) is 11.8.